The first-order valence-electron chi connectivity index (χ1n) is 6.96. The molecule has 0 saturated carbocycles. The fourth-order valence-corrected chi connectivity index (χ4v) is 3.02. The number of rotatable bonds is 6. The number of hydrogen-bond donors (Lipinski definition) is 1. The van der Waals surface area contributed by atoms with E-state index in [1.165, 1.54) is 11.3 Å². The topological polar surface area (TPSA) is 60.5 Å². The second-order valence-electron chi connectivity index (χ2n) is 4.99. The number of carbonyl (C=O) groups is 1. The van der Waals surface area contributed by atoms with Gasteiger partial charge < -0.3 is 14.8 Å². The van der Waals surface area contributed by atoms with Crippen LogP contribution in [0.15, 0.2) is 24.3 Å². The fraction of sp³-hybridized carbons (Fsp3) is 0.375. The van der Waals surface area contributed by atoms with Gasteiger partial charge in [0.15, 0.2) is 0 Å². The molecule has 0 saturated heterocycles. The molecule has 1 N–H and O–H groups in total. The molecule has 0 bridgehead atoms. The molecule has 6 heteroatoms. The zero-order valence-corrected chi connectivity index (χ0v) is 14.0. The predicted octanol–water partition coefficient (Wildman–Crippen LogP) is 2.89. The molecule has 1 unspecified atom stereocenters. The van der Waals surface area contributed by atoms with E-state index >= 15 is 0 Å². The number of ether oxygens (including phenoxy) is 2. The Bertz CT molecular complexity index is 637. The fourth-order valence-electron chi connectivity index (χ4n) is 2.05. The van der Waals surface area contributed by atoms with Gasteiger partial charge in [0.2, 0.25) is 0 Å². The number of thiazole rings is 1. The van der Waals surface area contributed by atoms with Gasteiger partial charge in [-0.2, -0.15) is 0 Å². The first-order chi connectivity index (χ1) is 10.5. The lowest BCUT2D eigenvalue weighted by molar-refractivity contribution is 0.0909. The van der Waals surface area contributed by atoms with E-state index in [2.05, 4.69) is 10.3 Å². The Hall–Kier alpha value is -1.92. The highest BCUT2D eigenvalue weighted by Gasteiger charge is 2.17. The molecule has 1 heterocycles. The number of hydrogen-bond acceptors (Lipinski definition) is 5. The number of nitrogens with zero attached hydrogens (tertiary/aromatic N) is 1. The number of aryl methyl sites for hydroxylation is 1. The van der Waals surface area contributed by atoms with Gasteiger partial charge in [0.1, 0.15) is 15.6 Å². The minimum absolute atomic E-state index is 0.0385. The minimum atomic E-state index is -0.112. The Kier molecular flexibility index (Phi) is 5.51. The van der Waals surface area contributed by atoms with Gasteiger partial charge >= 0.3 is 0 Å². The van der Waals surface area contributed by atoms with E-state index in [4.69, 9.17) is 9.47 Å². The zero-order chi connectivity index (χ0) is 16.1. The summed E-state index contributed by atoms with van der Waals surface area (Å²) in [4.78, 5) is 17.4. The highest BCUT2D eigenvalue weighted by atomic mass is 32.1. The molecule has 5 nitrogen and oxygen atoms in total. The summed E-state index contributed by atoms with van der Waals surface area (Å²) in [6, 6.07) is 7.60. The summed E-state index contributed by atoms with van der Waals surface area (Å²) < 4.78 is 10.2. The summed E-state index contributed by atoms with van der Waals surface area (Å²) in [5, 5.41) is 3.73. The van der Waals surface area contributed by atoms with Crippen molar-refractivity contribution < 1.29 is 14.3 Å². The summed E-state index contributed by atoms with van der Waals surface area (Å²) in [7, 11) is 3.24. The van der Waals surface area contributed by atoms with Crippen LogP contribution in [0.3, 0.4) is 0 Å². The largest absolute Gasteiger partial charge is 0.497 e. The lowest BCUT2D eigenvalue weighted by Crippen LogP contribution is -2.35. The van der Waals surface area contributed by atoms with E-state index < -0.39 is 0 Å². The maximum atomic E-state index is 12.3. The van der Waals surface area contributed by atoms with Gasteiger partial charge in [0.25, 0.3) is 5.91 Å². The normalized spacial score (nSPS) is 12.0. The second-order valence-corrected chi connectivity index (χ2v) is 5.99. The number of benzene rings is 1. The highest BCUT2D eigenvalue weighted by molar-refractivity contribution is 7.17. The quantitative estimate of drug-likeness (QED) is 0.889. The predicted molar refractivity (Wildman–Crippen MR) is 87.6 cm³/mol. The number of amides is 1. The van der Waals surface area contributed by atoms with E-state index in [9.17, 15) is 4.79 Å². The molecule has 0 fully saturated rings. The smallest absolute Gasteiger partial charge is 0.263 e. The van der Waals surface area contributed by atoms with Crippen molar-refractivity contribution in [2.24, 2.45) is 0 Å². The molecular formula is C16H20N2O3S. The maximum Gasteiger partial charge on any atom is 0.263 e. The molecule has 0 spiro atoms. The Labute approximate surface area is 134 Å². The van der Waals surface area contributed by atoms with Crippen molar-refractivity contribution in [2.75, 3.05) is 20.8 Å². The molecule has 0 aliphatic carbocycles. The van der Waals surface area contributed by atoms with E-state index in [-0.39, 0.29) is 11.9 Å². The standard InChI is InChI=1S/C16H20N2O3S/c1-10(9-20-3)17-15(19)14-11(2)18-16(22-14)12-5-7-13(21-4)8-6-12/h5-8,10H,9H2,1-4H3,(H,17,19). The van der Waals surface area contributed by atoms with Crippen LogP contribution >= 0.6 is 11.3 Å². The van der Waals surface area contributed by atoms with Crippen LogP contribution in [0.4, 0.5) is 0 Å². The van der Waals surface area contributed by atoms with Crippen LogP contribution in [0.25, 0.3) is 10.6 Å². The van der Waals surface area contributed by atoms with E-state index in [0.717, 1.165) is 22.0 Å². The van der Waals surface area contributed by atoms with Crippen LogP contribution < -0.4 is 10.1 Å². The van der Waals surface area contributed by atoms with Gasteiger partial charge in [0.05, 0.1) is 19.4 Å². The number of nitrogens with one attached hydrogen (secondary N) is 1. The lowest BCUT2D eigenvalue weighted by Gasteiger charge is -2.11. The Morgan fingerprint density at radius 3 is 2.59 bits per heavy atom. The van der Waals surface area contributed by atoms with Gasteiger partial charge in [0, 0.05) is 18.7 Å². The van der Waals surface area contributed by atoms with E-state index in [1.54, 1.807) is 14.2 Å². The summed E-state index contributed by atoms with van der Waals surface area (Å²) in [6.07, 6.45) is 0. The summed E-state index contributed by atoms with van der Waals surface area (Å²) in [5.41, 5.74) is 1.70. The average Bonchev–Trinajstić information content (AvgIpc) is 2.89. The van der Waals surface area contributed by atoms with Gasteiger partial charge in [-0.25, -0.2) is 4.98 Å². The molecule has 0 aliphatic heterocycles. The minimum Gasteiger partial charge on any atom is -0.497 e. The molecule has 0 aliphatic rings. The summed E-state index contributed by atoms with van der Waals surface area (Å²) in [6.45, 7) is 4.23. The van der Waals surface area contributed by atoms with Crippen molar-refractivity contribution in [2.45, 2.75) is 19.9 Å². The third kappa shape index (κ3) is 3.84. The van der Waals surface area contributed by atoms with Crippen molar-refractivity contribution in [3.8, 4) is 16.3 Å². The van der Waals surface area contributed by atoms with Crippen molar-refractivity contribution in [3.63, 3.8) is 0 Å². The first-order valence-corrected chi connectivity index (χ1v) is 7.78. The molecule has 22 heavy (non-hydrogen) atoms. The summed E-state index contributed by atoms with van der Waals surface area (Å²) >= 11 is 1.39. The highest BCUT2D eigenvalue weighted by Crippen LogP contribution is 2.29. The van der Waals surface area contributed by atoms with Crippen LogP contribution in [0.5, 0.6) is 5.75 Å². The zero-order valence-electron chi connectivity index (χ0n) is 13.2. The molecular weight excluding hydrogens is 300 g/mol. The van der Waals surface area contributed by atoms with Gasteiger partial charge in [-0.15, -0.1) is 11.3 Å². The third-order valence-electron chi connectivity index (χ3n) is 3.13. The molecule has 1 amide bonds. The maximum absolute atomic E-state index is 12.3. The SMILES string of the molecule is COCC(C)NC(=O)c1sc(-c2ccc(OC)cc2)nc1C. The molecule has 1 aromatic heterocycles. The van der Waals surface area contributed by atoms with Crippen LogP contribution in [-0.4, -0.2) is 37.8 Å². The van der Waals surface area contributed by atoms with Crippen LogP contribution in [0, 0.1) is 6.92 Å². The van der Waals surface area contributed by atoms with Crippen molar-refractivity contribution in [1.29, 1.82) is 0 Å². The number of aromatic nitrogens is 1. The number of carbonyl (C=O) groups excluding carboxylic acids is 1. The van der Waals surface area contributed by atoms with Crippen LogP contribution in [0.1, 0.15) is 22.3 Å². The first kappa shape index (κ1) is 16.5. The monoisotopic (exact) mass is 320 g/mol. The number of methoxy groups -OCH3 is 2. The van der Waals surface area contributed by atoms with E-state index in [1.807, 2.05) is 38.1 Å². The molecule has 1 atom stereocenters. The Balaban J connectivity index is 2.18. The lowest BCUT2D eigenvalue weighted by atomic mass is 10.2. The van der Waals surface area contributed by atoms with Crippen molar-refractivity contribution in [1.82, 2.24) is 10.3 Å². The van der Waals surface area contributed by atoms with Crippen molar-refractivity contribution in [3.05, 3.63) is 34.8 Å². The van der Waals surface area contributed by atoms with Crippen LogP contribution in [-0.2, 0) is 4.74 Å². The van der Waals surface area contributed by atoms with Gasteiger partial charge in [-0.3, -0.25) is 4.79 Å². The summed E-state index contributed by atoms with van der Waals surface area (Å²) in [5.74, 6) is 0.683. The van der Waals surface area contributed by atoms with Crippen molar-refractivity contribution >= 4 is 17.2 Å². The Morgan fingerprint density at radius 1 is 1.32 bits per heavy atom. The van der Waals surface area contributed by atoms with Gasteiger partial charge in [-0.1, -0.05) is 0 Å². The third-order valence-corrected chi connectivity index (χ3v) is 4.34. The van der Waals surface area contributed by atoms with E-state index in [0.29, 0.717) is 11.5 Å². The molecule has 2 aromatic rings. The second kappa shape index (κ2) is 7.38. The molecule has 118 valence electrons. The average molecular weight is 320 g/mol. The van der Waals surface area contributed by atoms with Gasteiger partial charge in [-0.05, 0) is 38.1 Å². The molecule has 1 aromatic carbocycles. The molecule has 0 radical (unpaired) electrons. The Morgan fingerprint density at radius 2 is 2.00 bits per heavy atom. The van der Waals surface area contributed by atoms with Crippen LogP contribution in [0.2, 0.25) is 0 Å². The molecule has 2 rings (SSSR count).